The number of nitrogens with two attached hydrogens (primary N) is 1. The number of urea groups is 1. The predicted molar refractivity (Wildman–Crippen MR) is 90.1 cm³/mol. The molecule has 168 valence electrons. The number of carbonyl (C=O) groups is 2. The van der Waals surface area contributed by atoms with Crippen molar-refractivity contribution in [3.05, 3.63) is 29.8 Å². The quantitative estimate of drug-likeness (QED) is 0.438. The third-order valence-electron chi connectivity index (χ3n) is 3.16. The average molecular weight is 469 g/mol. The van der Waals surface area contributed by atoms with Crippen LogP contribution >= 0.6 is 0 Å². The fourth-order valence-electron chi connectivity index (χ4n) is 2.08. The van der Waals surface area contributed by atoms with Crippen molar-refractivity contribution in [1.82, 2.24) is 15.0 Å². The summed E-state index contributed by atoms with van der Waals surface area (Å²) in [7, 11) is -4.16. The first-order chi connectivity index (χ1) is 14.5. The number of esters is 1. The monoisotopic (exact) mass is 469 g/mol. The molecule has 1 aromatic heterocycles. The molecule has 31 heavy (non-hydrogen) atoms. The molecule has 2 aromatic rings. The van der Waals surface area contributed by atoms with E-state index in [2.05, 4.69) is 29.2 Å². The zero-order chi connectivity index (χ0) is 23.3. The summed E-state index contributed by atoms with van der Waals surface area (Å²) in [6.45, 7) is -7.12. The van der Waals surface area contributed by atoms with Crippen molar-refractivity contribution in [2.24, 2.45) is 5.73 Å². The Balaban J connectivity index is 2.70. The van der Waals surface area contributed by atoms with Crippen LogP contribution in [-0.2, 0) is 14.8 Å². The minimum atomic E-state index is -5.11. The molecule has 2 rings (SSSR count). The van der Waals surface area contributed by atoms with Crippen LogP contribution in [0, 0.1) is 0 Å². The smallest absolute Gasteiger partial charge is 0.389 e. The van der Waals surface area contributed by atoms with E-state index < -0.39 is 63.7 Å². The van der Waals surface area contributed by atoms with Crippen molar-refractivity contribution >= 4 is 28.0 Å². The Labute approximate surface area is 170 Å². The highest BCUT2D eigenvalue weighted by atomic mass is 32.2. The molecular weight excluding hydrogens is 458 g/mol. The van der Waals surface area contributed by atoms with Crippen LogP contribution in [0.5, 0.6) is 12.0 Å². The average Bonchev–Trinajstić information content (AvgIpc) is 2.65. The van der Waals surface area contributed by atoms with E-state index in [4.69, 9.17) is 5.73 Å². The van der Waals surface area contributed by atoms with Crippen molar-refractivity contribution < 1.29 is 49.8 Å². The molecule has 1 heterocycles. The lowest BCUT2D eigenvalue weighted by Crippen LogP contribution is -2.42. The fourth-order valence-corrected chi connectivity index (χ4v) is 3.49. The number of hydrogen-bond donors (Lipinski definition) is 1. The van der Waals surface area contributed by atoms with Gasteiger partial charge in [-0.2, -0.15) is 27.5 Å². The number of aromatic nitrogens is 3. The summed E-state index contributed by atoms with van der Waals surface area (Å²) in [6, 6.07) is -0.170. The minimum absolute atomic E-state index is 0.354. The molecule has 0 fully saturated rings. The van der Waals surface area contributed by atoms with Gasteiger partial charge in [0.2, 0.25) is 0 Å². The lowest BCUT2D eigenvalue weighted by atomic mass is 10.2. The molecule has 0 spiro atoms. The van der Waals surface area contributed by atoms with E-state index >= 15 is 0 Å². The molecule has 0 unspecified atom stereocenters. The maximum Gasteiger partial charge on any atom is 0.389 e. The number of anilines is 1. The van der Waals surface area contributed by atoms with Gasteiger partial charge in [0.25, 0.3) is 16.0 Å². The summed E-state index contributed by atoms with van der Waals surface area (Å²) < 4.78 is 87.8. The summed E-state index contributed by atoms with van der Waals surface area (Å²) in [5.74, 6) is -2.45. The number of halogens is 4. The van der Waals surface area contributed by atoms with Crippen LogP contribution in [0.2, 0.25) is 0 Å². The third kappa shape index (κ3) is 5.44. The number of nitrogens with zero attached hydrogens (tertiary/aromatic N) is 4. The third-order valence-corrected chi connectivity index (χ3v) is 4.90. The number of carbonyl (C=O) groups excluding carboxylic acids is 2. The van der Waals surface area contributed by atoms with Crippen LogP contribution in [0.1, 0.15) is 10.4 Å². The van der Waals surface area contributed by atoms with Crippen LogP contribution in [0.25, 0.3) is 0 Å². The molecule has 2 amide bonds. The van der Waals surface area contributed by atoms with Crippen molar-refractivity contribution in [2.45, 2.75) is 18.1 Å². The molecular formula is C14H11F4N5O7S. The molecule has 0 radical (unpaired) electrons. The van der Waals surface area contributed by atoms with Crippen LogP contribution in [0.4, 0.5) is 28.3 Å². The molecule has 0 atom stereocenters. The highest BCUT2D eigenvalue weighted by Gasteiger charge is 2.36. The second-order valence-electron chi connectivity index (χ2n) is 5.05. The van der Waals surface area contributed by atoms with E-state index in [0.717, 1.165) is 19.2 Å². The van der Waals surface area contributed by atoms with Crippen molar-refractivity contribution in [3.63, 3.8) is 0 Å². The molecule has 0 saturated carbocycles. The van der Waals surface area contributed by atoms with Crippen molar-refractivity contribution in [3.8, 4) is 12.0 Å². The number of benzene rings is 1. The van der Waals surface area contributed by atoms with Crippen molar-refractivity contribution in [2.75, 3.05) is 11.4 Å². The SMILES string of the molecule is COC(=O)c1ccccc1S(=O)(=O)N(C(N)=O)c1nc(OC(F)F)nc(OC(F)F)n1. The highest BCUT2D eigenvalue weighted by Crippen LogP contribution is 2.27. The van der Waals surface area contributed by atoms with Gasteiger partial charge in [0.15, 0.2) is 0 Å². The molecule has 0 saturated heterocycles. The Bertz CT molecular complexity index is 1060. The van der Waals surface area contributed by atoms with Gasteiger partial charge in [-0.1, -0.05) is 12.1 Å². The molecule has 1 aromatic carbocycles. The molecule has 2 N–H and O–H groups in total. The Morgan fingerprint density at radius 1 is 1.00 bits per heavy atom. The topological polar surface area (TPSA) is 164 Å². The second-order valence-corrected chi connectivity index (χ2v) is 6.81. The van der Waals surface area contributed by atoms with Gasteiger partial charge in [0, 0.05) is 0 Å². The van der Waals surface area contributed by atoms with E-state index in [0.29, 0.717) is 0 Å². The van der Waals surface area contributed by atoms with Crippen LogP contribution in [-0.4, -0.2) is 55.7 Å². The van der Waals surface area contributed by atoms with E-state index in [1.54, 1.807) is 0 Å². The zero-order valence-corrected chi connectivity index (χ0v) is 15.9. The number of sulfonamides is 1. The molecule has 0 aliphatic carbocycles. The van der Waals surface area contributed by atoms with Gasteiger partial charge in [0.1, 0.15) is 4.90 Å². The molecule has 0 bridgehead atoms. The van der Waals surface area contributed by atoms with E-state index in [-0.39, 0.29) is 4.31 Å². The Kier molecular flexibility index (Phi) is 7.11. The van der Waals surface area contributed by atoms with Crippen LogP contribution < -0.4 is 19.5 Å². The first-order valence-corrected chi connectivity index (χ1v) is 9.09. The zero-order valence-electron chi connectivity index (χ0n) is 15.1. The summed E-state index contributed by atoms with van der Waals surface area (Å²) in [5.41, 5.74) is 4.52. The predicted octanol–water partition coefficient (Wildman–Crippen LogP) is 1.14. The Morgan fingerprint density at radius 2 is 1.52 bits per heavy atom. The van der Waals surface area contributed by atoms with Crippen LogP contribution in [0.15, 0.2) is 29.2 Å². The van der Waals surface area contributed by atoms with Gasteiger partial charge in [-0.15, -0.1) is 9.29 Å². The first-order valence-electron chi connectivity index (χ1n) is 7.65. The fraction of sp³-hybridized carbons (Fsp3) is 0.214. The van der Waals surface area contributed by atoms with Gasteiger partial charge in [-0.25, -0.2) is 18.0 Å². The summed E-state index contributed by atoms with van der Waals surface area (Å²) in [6.07, 6.45) is 0. The van der Waals surface area contributed by atoms with Gasteiger partial charge in [-0.3, -0.25) is 0 Å². The highest BCUT2D eigenvalue weighted by molar-refractivity contribution is 7.93. The number of amides is 2. The standard InChI is InChI=1S/C14H11F4N5O7S/c1-28-8(24)6-4-2-3-5-7(6)31(26,27)23(11(19)25)12-20-13(29-9(15)16)22-14(21-12)30-10(17)18/h2-5,9-10H,1H3,(H2,19,25). The number of primary amides is 1. The number of alkyl halides is 4. The Morgan fingerprint density at radius 3 is 1.97 bits per heavy atom. The van der Waals surface area contributed by atoms with Gasteiger partial charge < -0.3 is 19.9 Å². The second kappa shape index (κ2) is 9.37. The van der Waals surface area contributed by atoms with Crippen LogP contribution in [0.3, 0.4) is 0 Å². The minimum Gasteiger partial charge on any atom is -0.465 e. The maximum atomic E-state index is 13.0. The van der Waals surface area contributed by atoms with Gasteiger partial charge in [-0.05, 0) is 12.1 Å². The maximum absolute atomic E-state index is 13.0. The number of ether oxygens (including phenoxy) is 3. The lowest BCUT2D eigenvalue weighted by Gasteiger charge is -2.20. The number of hydrogen-bond acceptors (Lipinski definition) is 10. The van der Waals surface area contributed by atoms with Gasteiger partial charge >= 0.3 is 37.2 Å². The first kappa shape index (κ1) is 23.5. The molecule has 12 nitrogen and oxygen atoms in total. The van der Waals surface area contributed by atoms with E-state index in [1.165, 1.54) is 12.1 Å². The van der Waals surface area contributed by atoms with E-state index in [1.807, 2.05) is 0 Å². The number of rotatable bonds is 8. The summed E-state index contributed by atoms with van der Waals surface area (Å²) in [5, 5.41) is 0. The Hall–Kier alpha value is -3.76. The summed E-state index contributed by atoms with van der Waals surface area (Å²) >= 11 is 0. The lowest BCUT2D eigenvalue weighted by molar-refractivity contribution is -0.0644. The van der Waals surface area contributed by atoms with Crippen molar-refractivity contribution in [1.29, 1.82) is 0 Å². The normalized spacial score (nSPS) is 11.3. The molecule has 17 heteroatoms. The van der Waals surface area contributed by atoms with E-state index in [9.17, 15) is 35.6 Å². The molecule has 0 aliphatic heterocycles. The summed E-state index contributed by atoms with van der Waals surface area (Å²) in [4.78, 5) is 32.3. The number of methoxy groups -OCH3 is 1. The largest absolute Gasteiger partial charge is 0.465 e. The molecule has 0 aliphatic rings. The van der Waals surface area contributed by atoms with Gasteiger partial charge in [0.05, 0.1) is 12.7 Å².